The number of alkyl carbamates (subject to hydrolysis) is 1. The molecule has 0 aromatic heterocycles. The fraction of sp³-hybridized carbons (Fsp3) is 0.476. The minimum Gasteiger partial charge on any atom is -0.453 e. The van der Waals surface area contributed by atoms with Gasteiger partial charge in [-0.05, 0) is 31.1 Å². The van der Waals surface area contributed by atoms with E-state index in [0.717, 1.165) is 12.0 Å². The number of fused-ring (bicyclic) bond motifs is 2. The zero-order valence-corrected chi connectivity index (χ0v) is 15.7. The molecule has 2 bridgehead atoms. The lowest BCUT2D eigenvalue weighted by atomic mass is 9.66. The number of amides is 1. The lowest BCUT2D eigenvalue weighted by molar-refractivity contribution is -0.149. The summed E-state index contributed by atoms with van der Waals surface area (Å²) in [5.74, 6) is 10.6. The maximum atomic E-state index is 12.1. The van der Waals surface area contributed by atoms with Crippen LogP contribution in [-0.2, 0) is 14.2 Å². The number of hydrogen-bond donors (Lipinski definition) is 2. The van der Waals surface area contributed by atoms with Crippen molar-refractivity contribution >= 4 is 6.09 Å². The van der Waals surface area contributed by atoms with Crippen LogP contribution in [0.25, 0.3) is 0 Å². The van der Waals surface area contributed by atoms with Crippen molar-refractivity contribution in [2.45, 2.75) is 38.6 Å². The first-order chi connectivity index (χ1) is 13.0. The molecule has 1 heterocycles. The molecular formula is C21H23NO5. The molecule has 1 saturated heterocycles. The molecule has 0 unspecified atom stereocenters. The van der Waals surface area contributed by atoms with Gasteiger partial charge in [0.05, 0.1) is 31.4 Å². The van der Waals surface area contributed by atoms with Crippen LogP contribution in [0.3, 0.4) is 0 Å². The molecule has 2 atom stereocenters. The highest BCUT2D eigenvalue weighted by Crippen LogP contribution is 2.51. The van der Waals surface area contributed by atoms with Crippen molar-refractivity contribution in [1.29, 1.82) is 0 Å². The van der Waals surface area contributed by atoms with Gasteiger partial charge in [-0.2, -0.15) is 0 Å². The summed E-state index contributed by atoms with van der Waals surface area (Å²) in [5, 5.41) is 13.6. The van der Waals surface area contributed by atoms with Crippen molar-refractivity contribution in [3.05, 3.63) is 35.1 Å². The molecule has 0 radical (unpaired) electrons. The number of hydrogen-bond acceptors (Lipinski definition) is 5. The number of allylic oxidation sites excluding steroid dienone is 3. The molecule has 1 amide bonds. The summed E-state index contributed by atoms with van der Waals surface area (Å²) in [7, 11) is 1.28. The van der Waals surface area contributed by atoms with Crippen LogP contribution in [0.1, 0.15) is 26.7 Å². The van der Waals surface area contributed by atoms with Crippen molar-refractivity contribution in [3.8, 4) is 23.7 Å². The average molecular weight is 369 g/mol. The van der Waals surface area contributed by atoms with E-state index in [1.54, 1.807) is 12.2 Å². The number of methoxy groups -OCH3 is 1. The Balaban J connectivity index is 2.32. The van der Waals surface area contributed by atoms with Crippen LogP contribution >= 0.6 is 0 Å². The molecule has 27 heavy (non-hydrogen) atoms. The minimum absolute atomic E-state index is 0.331. The van der Waals surface area contributed by atoms with Crippen molar-refractivity contribution in [2.75, 3.05) is 20.3 Å². The first kappa shape index (κ1) is 19.3. The Morgan fingerprint density at radius 3 is 2.78 bits per heavy atom. The van der Waals surface area contributed by atoms with E-state index in [4.69, 9.17) is 14.2 Å². The van der Waals surface area contributed by atoms with Crippen molar-refractivity contribution in [3.63, 3.8) is 0 Å². The Morgan fingerprint density at radius 2 is 2.11 bits per heavy atom. The van der Waals surface area contributed by atoms with Crippen LogP contribution in [0.5, 0.6) is 0 Å². The maximum Gasteiger partial charge on any atom is 0.411 e. The summed E-state index contributed by atoms with van der Waals surface area (Å²) in [4.78, 5) is 12.1. The predicted molar refractivity (Wildman–Crippen MR) is 99.0 cm³/mol. The molecular weight excluding hydrogens is 346 g/mol. The molecule has 6 nitrogen and oxygen atoms in total. The van der Waals surface area contributed by atoms with Crippen LogP contribution in [0.4, 0.5) is 4.79 Å². The fourth-order valence-corrected chi connectivity index (χ4v) is 3.72. The second-order valence-corrected chi connectivity index (χ2v) is 6.68. The largest absolute Gasteiger partial charge is 0.453 e. The summed E-state index contributed by atoms with van der Waals surface area (Å²) in [6.07, 6.45) is 4.54. The number of ether oxygens (including phenoxy) is 3. The monoisotopic (exact) mass is 369 g/mol. The molecule has 3 aliphatic rings. The van der Waals surface area contributed by atoms with E-state index < -0.39 is 23.4 Å². The van der Waals surface area contributed by atoms with Crippen LogP contribution < -0.4 is 5.32 Å². The standard InChI is InChI=1S/C21H23NO5/c1-4-9-15-17-16(23)10-7-5-6-8-11-20(15,2)14-21(26-12-13-27-21)18(17)22-19(24)25-3/h5-6,9,16,23H,4,12-14H2,1-3H3,(H,22,24)/b6-5-,15-9?/t16-,20+/m0/s1. The van der Waals surface area contributed by atoms with Gasteiger partial charge in [-0.15, -0.1) is 0 Å². The highest BCUT2D eigenvalue weighted by molar-refractivity contribution is 5.72. The second kappa shape index (κ2) is 7.62. The number of carbonyl (C=O) groups excluding carboxylic acids is 1. The molecule has 0 saturated carbocycles. The Hall–Kier alpha value is -2.51. The first-order valence-electron chi connectivity index (χ1n) is 8.91. The number of carbonyl (C=O) groups is 1. The molecule has 142 valence electrons. The Morgan fingerprint density at radius 1 is 1.41 bits per heavy atom. The van der Waals surface area contributed by atoms with Crippen LogP contribution in [-0.4, -0.2) is 43.4 Å². The van der Waals surface area contributed by atoms with Gasteiger partial charge in [-0.25, -0.2) is 4.79 Å². The van der Waals surface area contributed by atoms with Crippen LogP contribution in [0.2, 0.25) is 0 Å². The van der Waals surface area contributed by atoms with E-state index in [9.17, 15) is 9.90 Å². The third kappa shape index (κ3) is 3.52. The summed E-state index contributed by atoms with van der Waals surface area (Å²) in [6.45, 7) is 4.73. The Kier molecular flexibility index (Phi) is 5.43. The minimum atomic E-state index is -1.22. The first-order valence-corrected chi connectivity index (χ1v) is 8.91. The Bertz CT molecular complexity index is 839. The zero-order chi connectivity index (χ0) is 19.5. The molecule has 0 aromatic carbocycles. The van der Waals surface area contributed by atoms with E-state index in [0.29, 0.717) is 30.9 Å². The quantitative estimate of drug-likeness (QED) is 0.729. The lowest BCUT2D eigenvalue weighted by Crippen LogP contribution is -2.51. The summed E-state index contributed by atoms with van der Waals surface area (Å²) in [6, 6.07) is 0. The average Bonchev–Trinajstić information content (AvgIpc) is 3.10. The van der Waals surface area contributed by atoms with Gasteiger partial charge in [0.15, 0.2) is 0 Å². The molecule has 6 heteroatoms. The SMILES string of the molecule is CCC=C1C2=C(NC(=O)OC)C3(C[C@@]1(C)C#C/C=C\C#C[C@@H]2O)OCCO3. The highest BCUT2D eigenvalue weighted by Gasteiger charge is 2.54. The molecule has 2 N–H and O–H groups in total. The van der Waals surface area contributed by atoms with E-state index in [1.807, 2.05) is 19.9 Å². The van der Waals surface area contributed by atoms with Crippen molar-refractivity contribution in [2.24, 2.45) is 5.41 Å². The molecule has 3 rings (SSSR count). The van der Waals surface area contributed by atoms with E-state index >= 15 is 0 Å². The van der Waals surface area contributed by atoms with Crippen molar-refractivity contribution in [1.82, 2.24) is 5.32 Å². The molecule has 0 aromatic rings. The van der Waals surface area contributed by atoms with Gasteiger partial charge in [-0.1, -0.05) is 36.7 Å². The maximum absolute atomic E-state index is 12.1. The molecule has 1 aliphatic heterocycles. The van der Waals surface area contributed by atoms with E-state index in [2.05, 4.69) is 29.0 Å². The van der Waals surface area contributed by atoms with Gasteiger partial charge in [0, 0.05) is 12.0 Å². The predicted octanol–water partition coefficient (Wildman–Crippen LogP) is 2.02. The van der Waals surface area contributed by atoms with Crippen molar-refractivity contribution < 1.29 is 24.1 Å². The van der Waals surface area contributed by atoms with Gasteiger partial charge in [0.2, 0.25) is 5.79 Å². The molecule has 1 fully saturated rings. The van der Waals surface area contributed by atoms with Gasteiger partial charge < -0.3 is 19.3 Å². The van der Waals surface area contributed by atoms with Gasteiger partial charge >= 0.3 is 6.09 Å². The Labute approximate surface area is 159 Å². The zero-order valence-electron chi connectivity index (χ0n) is 15.7. The third-order valence-corrected chi connectivity index (χ3v) is 4.79. The summed E-state index contributed by atoms with van der Waals surface area (Å²) < 4.78 is 16.7. The smallest absolute Gasteiger partial charge is 0.411 e. The van der Waals surface area contributed by atoms with Gasteiger partial charge in [-0.3, -0.25) is 5.32 Å². The van der Waals surface area contributed by atoms with E-state index in [-0.39, 0.29) is 0 Å². The number of aliphatic hydroxyl groups is 1. The number of nitrogens with one attached hydrogen (secondary N) is 1. The van der Waals surface area contributed by atoms with Gasteiger partial charge in [0.1, 0.15) is 6.10 Å². The number of rotatable bonds is 2. The van der Waals surface area contributed by atoms with Crippen LogP contribution in [0, 0.1) is 29.1 Å². The molecule has 1 spiro atoms. The van der Waals surface area contributed by atoms with Gasteiger partial charge in [0.25, 0.3) is 0 Å². The highest BCUT2D eigenvalue weighted by atomic mass is 16.7. The van der Waals surface area contributed by atoms with Crippen LogP contribution in [0.15, 0.2) is 35.1 Å². The topological polar surface area (TPSA) is 77.0 Å². The summed E-state index contributed by atoms with van der Waals surface area (Å²) >= 11 is 0. The summed E-state index contributed by atoms with van der Waals surface area (Å²) in [5.41, 5.74) is 0.944. The second-order valence-electron chi connectivity index (χ2n) is 6.68. The lowest BCUT2D eigenvalue weighted by Gasteiger charge is -2.45. The normalized spacial score (nSPS) is 30.8. The third-order valence-electron chi connectivity index (χ3n) is 4.79. The molecule has 2 aliphatic carbocycles. The fourth-order valence-electron chi connectivity index (χ4n) is 3.72. The number of aliphatic hydroxyl groups excluding tert-OH is 1. The van der Waals surface area contributed by atoms with E-state index in [1.165, 1.54) is 7.11 Å².